The van der Waals surface area contributed by atoms with Gasteiger partial charge < -0.3 is 9.47 Å². The molecule has 29 heavy (non-hydrogen) atoms. The lowest BCUT2D eigenvalue weighted by atomic mass is 9.97. The molecule has 4 rings (SSSR count). The third kappa shape index (κ3) is 3.94. The fourth-order valence-corrected chi connectivity index (χ4v) is 3.26. The van der Waals surface area contributed by atoms with Crippen molar-refractivity contribution >= 4 is 17.0 Å². The number of benzene rings is 2. The van der Waals surface area contributed by atoms with E-state index in [1.807, 2.05) is 73.7 Å². The number of hydrogen-bond acceptors (Lipinski definition) is 5. The lowest BCUT2D eigenvalue weighted by molar-refractivity contribution is 0.0601. The molecule has 5 nitrogen and oxygen atoms in total. The second-order valence-corrected chi connectivity index (χ2v) is 6.66. The quantitative estimate of drug-likeness (QED) is 0.455. The SMILES string of the molecule is COC(=O)c1cc(COc2cc(C)nc3cccnc23)ccc1-c1ccccc1. The summed E-state index contributed by atoms with van der Waals surface area (Å²) in [6.45, 7) is 2.22. The first-order valence-electron chi connectivity index (χ1n) is 9.27. The van der Waals surface area contributed by atoms with Crippen LogP contribution in [0.4, 0.5) is 0 Å². The van der Waals surface area contributed by atoms with E-state index in [1.165, 1.54) is 7.11 Å². The maximum Gasteiger partial charge on any atom is 0.338 e. The van der Waals surface area contributed by atoms with Crippen LogP contribution in [0.15, 0.2) is 72.9 Å². The van der Waals surface area contributed by atoms with Crippen LogP contribution in [0.25, 0.3) is 22.2 Å². The summed E-state index contributed by atoms with van der Waals surface area (Å²) in [5, 5.41) is 0. The summed E-state index contributed by atoms with van der Waals surface area (Å²) in [5.41, 5.74) is 5.52. The van der Waals surface area contributed by atoms with E-state index >= 15 is 0 Å². The first-order chi connectivity index (χ1) is 14.2. The highest BCUT2D eigenvalue weighted by molar-refractivity contribution is 5.97. The second kappa shape index (κ2) is 8.10. The van der Waals surface area contributed by atoms with E-state index in [-0.39, 0.29) is 5.97 Å². The summed E-state index contributed by atoms with van der Waals surface area (Å²) < 4.78 is 11.0. The molecule has 2 aromatic heterocycles. The van der Waals surface area contributed by atoms with Gasteiger partial charge >= 0.3 is 5.97 Å². The summed E-state index contributed by atoms with van der Waals surface area (Å²) >= 11 is 0. The van der Waals surface area contributed by atoms with E-state index in [2.05, 4.69) is 9.97 Å². The number of carbonyl (C=O) groups excluding carboxylic acids is 1. The summed E-state index contributed by atoms with van der Waals surface area (Å²) in [6.07, 6.45) is 1.72. The van der Waals surface area contributed by atoms with Gasteiger partial charge in [0, 0.05) is 18.0 Å². The van der Waals surface area contributed by atoms with E-state index in [0.717, 1.165) is 27.9 Å². The van der Waals surface area contributed by atoms with Gasteiger partial charge in [-0.3, -0.25) is 9.97 Å². The van der Waals surface area contributed by atoms with Crippen LogP contribution in [-0.4, -0.2) is 23.0 Å². The minimum absolute atomic E-state index is 0.300. The average molecular weight is 384 g/mol. The van der Waals surface area contributed by atoms with E-state index in [0.29, 0.717) is 23.4 Å². The fourth-order valence-electron chi connectivity index (χ4n) is 3.26. The van der Waals surface area contributed by atoms with Crippen molar-refractivity contribution < 1.29 is 14.3 Å². The van der Waals surface area contributed by atoms with Gasteiger partial charge in [-0.25, -0.2) is 4.79 Å². The highest BCUT2D eigenvalue weighted by atomic mass is 16.5. The molecule has 144 valence electrons. The highest BCUT2D eigenvalue weighted by Gasteiger charge is 2.15. The molecule has 2 heterocycles. The van der Waals surface area contributed by atoms with Gasteiger partial charge in [0.1, 0.15) is 17.9 Å². The number of esters is 1. The monoisotopic (exact) mass is 384 g/mol. The second-order valence-electron chi connectivity index (χ2n) is 6.66. The number of nitrogens with zero attached hydrogens (tertiary/aromatic N) is 2. The van der Waals surface area contributed by atoms with Gasteiger partial charge in [-0.2, -0.15) is 0 Å². The normalized spacial score (nSPS) is 10.7. The molecule has 0 bridgehead atoms. The minimum Gasteiger partial charge on any atom is -0.486 e. The smallest absolute Gasteiger partial charge is 0.338 e. The van der Waals surface area contributed by atoms with Crippen LogP contribution in [0.2, 0.25) is 0 Å². The molecule has 0 saturated heterocycles. The third-order valence-electron chi connectivity index (χ3n) is 4.63. The van der Waals surface area contributed by atoms with Crippen molar-refractivity contribution in [3.63, 3.8) is 0 Å². The van der Waals surface area contributed by atoms with Gasteiger partial charge in [0.15, 0.2) is 0 Å². The van der Waals surface area contributed by atoms with Gasteiger partial charge in [0.2, 0.25) is 0 Å². The van der Waals surface area contributed by atoms with Crippen molar-refractivity contribution in [1.29, 1.82) is 0 Å². The number of hydrogen-bond donors (Lipinski definition) is 0. The molecule has 0 radical (unpaired) electrons. The first-order valence-corrected chi connectivity index (χ1v) is 9.27. The Balaban J connectivity index is 1.66. The lowest BCUT2D eigenvalue weighted by Gasteiger charge is -2.13. The Morgan fingerprint density at radius 1 is 1.00 bits per heavy atom. The largest absolute Gasteiger partial charge is 0.486 e. The van der Waals surface area contributed by atoms with Crippen LogP contribution >= 0.6 is 0 Å². The number of carbonyl (C=O) groups is 1. The number of aromatic nitrogens is 2. The lowest BCUT2D eigenvalue weighted by Crippen LogP contribution is -2.06. The molecule has 0 atom stereocenters. The van der Waals surface area contributed by atoms with Gasteiger partial charge in [-0.15, -0.1) is 0 Å². The van der Waals surface area contributed by atoms with Gasteiger partial charge in [-0.05, 0) is 41.8 Å². The van der Waals surface area contributed by atoms with Crippen molar-refractivity contribution in [2.75, 3.05) is 7.11 Å². The van der Waals surface area contributed by atoms with Crippen LogP contribution in [0.5, 0.6) is 5.75 Å². The number of aryl methyl sites for hydroxylation is 1. The third-order valence-corrected chi connectivity index (χ3v) is 4.63. The zero-order chi connectivity index (χ0) is 20.2. The van der Waals surface area contributed by atoms with Crippen LogP contribution in [0.3, 0.4) is 0 Å². The highest BCUT2D eigenvalue weighted by Crippen LogP contribution is 2.27. The van der Waals surface area contributed by atoms with Crippen LogP contribution < -0.4 is 4.74 Å². The van der Waals surface area contributed by atoms with E-state index in [4.69, 9.17) is 9.47 Å². The molecule has 0 aliphatic rings. The predicted molar refractivity (Wildman–Crippen MR) is 112 cm³/mol. The van der Waals surface area contributed by atoms with Gasteiger partial charge in [0.25, 0.3) is 0 Å². The molecule has 5 heteroatoms. The van der Waals surface area contributed by atoms with Crippen LogP contribution in [0, 0.1) is 6.92 Å². The number of fused-ring (bicyclic) bond motifs is 1. The standard InChI is InChI=1S/C24H20N2O3/c1-16-13-22(23-21(26-16)9-6-12-25-23)29-15-17-10-11-19(18-7-4-3-5-8-18)20(14-17)24(27)28-2/h3-14H,15H2,1-2H3. The Kier molecular flexibility index (Phi) is 5.20. The molecule has 0 aliphatic heterocycles. The van der Waals surface area contributed by atoms with Crippen molar-refractivity contribution in [2.45, 2.75) is 13.5 Å². The molecule has 0 amide bonds. The Bertz CT molecular complexity index is 1170. The molecule has 0 spiro atoms. The Morgan fingerprint density at radius 3 is 2.62 bits per heavy atom. The van der Waals surface area contributed by atoms with Gasteiger partial charge in [-0.1, -0.05) is 42.5 Å². The van der Waals surface area contributed by atoms with Crippen molar-refractivity contribution in [1.82, 2.24) is 9.97 Å². The first kappa shape index (κ1) is 18.6. The number of ether oxygens (including phenoxy) is 2. The minimum atomic E-state index is -0.377. The zero-order valence-electron chi connectivity index (χ0n) is 16.3. The molecule has 0 aliphatic carbocycles. The summed E-state index contributed by atoms with van der Waals surface area (Å²) in [4.78, 5) is 21.2. The average Bonchev–Trinajstić information content (AvgIpc) is 2.77. The fraction of sp³-hybridized carbons (Fsp3) is 0.125. The molecule has 2 aromatic carbocycles. The molecular weight excluding hydrogens is 364 g/mol. The summed E-state index contributed by atoms with van der Waals surface area (Å²) in [6, 6.07) is 21.1. The summed E-state index contributed by atoms with van der Waals surface area (Å²) in [7, 11) is 1.39. The predicted octanol–water partition coefficient (Wildman–Crippen LogP) is 4.97. The molecular formula is C24H20N2O3. The topological polar surface area (TPSA) is 61.3 Å². The maximum absolute atomic E-state index is 12.4. The van der Waals surface area contributed by atoms with Gasteiger partial charge in [0.05, 0.1) is 18.2 Å². The van der Waals surface area contributed by atoms with Crippen LogP contribution in [-0.2, 0) is 11.3 Å². The zero-order valence-corrected chi connectivity index (χ0v) is 16.3. The maximum atomic E-state index is 12.4. The summed E-state index contributed by atoms with van der Waals surface area (Å²) in [5.74, 6) is 0.289. The molecule has 0 saturated carbocycles. The Hall–Kier alpha value is -3.73. The van der Waals surface area contributed by atoms with E-state index < -0.39 is 0 Å². The van der Waals surface area contributed by atoms with E-state index in [1.54, 1.807) is 6.20 Å². The van der Waals surface area contributed by atoms with Crippen molar-refractivity contribution in [3.05, 3.63) is 89.7 Å². The number of rotatable bonds is 5. The molecule has 0 fully saturated rings. The van der Waals surface area contributed by atoms with Crippen LogP contribution in [0.1, 0.15) is 21.6 Å². The number of methoxy groups -OCH3 is 1. The molecule has 4 aromatic rings. The Morgan fingerprint density at radius 2 is 1.83 bits per heavy atom. The Labute approximate surface area is 169 Å². The van der Waals surface area contributed by atoms with Crippen molar-refractivity contribution in [2.24, 2.45) is 0 Å². The van der Waals surface area contributed by atoms with E-state index in [9.17, 15) is 4.79 Å². The number of pyridine rings is 2. The molecule has 0 N–H and O–H groups in total. The van der Waals surface area contributed by atoms with Crippen molar-refractivity contribution in [3.8, 4) is 16.9 Å². The molecule has 0 unspecified atom stereocenters.